The number of benzene rings is 1. The summed E-state index contributed by atoms with van der Waals surface area (Å²) >= 11 is 0. The molecule has 1 unspecified atom stereocenters. The molecule has 0 saturated heterocycles. The van der Waals surface area contributed by atoms with Gasteiger partial charge in [-0.1, -0.05) is 12.1 Å². The van der Waals surface area contributed by atoms with E-state index < -0.39 is 5.91 Å². The molecule has 6 nitrogen and oxygen atoms in total. The summed E-state index contributed by atoms with van der Waals surface area (Å²) in [6, 6.07) is 5.46. The molecule has 0 bridgehead atoms. The summed E-state index contributed by atoms with van der Waals surface area (Å²) in [5, 5.41) is 0. The van der Waals surface area contributed by atoms with E-state index in [0.717, 1.165) is 23.2 Å². The number of nitrogens with two attached hydrogens (primary N) is 2. The van der Waals surface area contributed by atoms with Gasteiger partial charge in [0.25, 0.3) is 0 Å². The van der Waals surface area contributed by atoms with E-state index in [9.17, 15) is 9.59 Å². The fourth-order valence-corrected chi connectivity index (χ4v) is 2.29. The molecule has 6 heteroatoms. The number of aryl methyl sites for hydroxylation is 1. The molecule has 0 radical (unpaired) electrons. The van der Waals surface area contributed by atoms with Crippen LogP contribution in [0.4, 0.5) is 5.69 Å². The Bertz CT molecular complexity index is 530. The lowest BCUT2D eigenvalue weighted by Gasteiger charge is -2.26. The molecule has 0 spiro atoms. The van der Waals surface area contributed by atoms with Crippen molar-refractivity contribution in [2.24, 2.45) is 11.5 Å². The Morgan fingerprint density at radius 2 is 2.20 bits per heavy atom. The number of ether oxygens (including phenoxy) is 1. The molecular formula is C14H19N3O3. The maximum atomic E-state index is 11.6. The van der Waals surface area contributed by atoms with Crippen molar-refractivity contribution >= 4 is 17.5 Å². The summed E-state index contributed by atoms with van der Waals surface area (Å²) in [6.45, 7) is 0.104. The molecular weight excluding hydrogens is 258 g/mol. The van der Waals surface area contributed by atoms with E-state index in [4.69, 9.17) is 16.2 Å². The third-order valence-electron chi connectivity index (χ3n) is 3.42. The molecule has 1 aromatic rings. The minimum absolute atomic E-state index is 0.124. The van der Waals surface area contributed by atoms with Crippen LogP contribution in [0.3, 0.4) is 0 Å². The maximum Gasteiger partial charge on any atom is 0.243 e. The largest absolute Gasteiger partial charge is 0.370 e. The zero-order chi connectivity index (χ0) is 14.7. The second-order valence-corrected chi connectivity index (χ2v) is 4.93. The number of carbonyl (C=O) groups is 2. The molecule has 20 heavy (non-hydrogen) atoms. The lowest BCUT2D eigenvalue weighted by atomic mass is 9.97. The van der Waals surface area contributed by atoms with Gasteiger partial charge in [0, 0.05) is 19.2 Å². The van der Waals surface area contributed by atoms with E-state index >= 15 is 0 Å². The first-order valence-electron chi connectivity index (χ1n) is 6.50. The van der Waals surface area contributed by atoms with Gasteiger partial charge in [0.1, 0.15) is 6.61 Å². The van der Waals surface area contributed by atoms with Crippen molar-refractivity contribution in [3.63, 3.8) is 0 Å². The van der Waals surface area contributed by atoms with E-state index in [-0.39, 0.29) is 25.2 Å². The van der Waals surface area contributed by atoms with Crippen molar-refractivity contribution in [2.75, 3.05) is 25.2 Å². The zero-order valence-corrected chi connectivity index (χ0v) is 11.5. The third kappa shape index (κ3) is 3.15. The van der Waals surface area contributed by atoms with Crippen LogP contribution in [0.5, 0.6) is 0 Å². The van der Waals surface area contributed by atoms with E-state index in [2.05, 4.69) is 0 Å². The normalized spacial score (nSPS) is 15.9. The van der Waals surface area contributed by atoms with Crippen molar-refractivity contribution in [1.29, 1.82) is 0 Å². The molecule has 1 aliphatic rings. The molecule has 1 aliphatic heterocycles. The molecule has 2 rings (SSSR count). The number of rotatable bonds is 5. The summed E-state index contributed by atoms with van der Waals surface area (Å²) < 4.78 is 5.13. The van der Waals surface area contributed by atoms with Gasteiger partial charge in [-0.15, -0.1) is 0 Å². The Morgan fingerprint density at radius 1 is 1.45 bits per heavy atom. The van der Waals surface area contributed by atoms with Gasteiger partial charge in [0.05, 0.1) is 12.6 Å². The van der Waals surface area contributed by atoms with Gasteiger partial charge >= 0.3 is 0 Å². The summed E-state index contributed by atoms with van der Waals surface area (Å²) in [4.78, 5) is 23.9. The molecule has 1 atom stereocenters. The molecule has 0 saturated carbocycles. The average Bonchev–Trinajstić information content (AvgIpc) is 2.42. The van der Waals surface area contributed by atoms with E-state index in [1.807, 2.05) is 18.2 Å². The highest BCUT2D eigenvalue weighted by Crippen LogP contribution is 2.29. The SMILES string of the molecule is CN1C(=O)CCc2cc(C(N)COCC(N)=O)ccc21. The van der Waals surface area contributed by atoms with Gasteiger partial charge in [-0.2, -0.15) is 0 Å². The Kier molecular flexibility index (Phi) is 4.36. The quantitative estimate of drug-likeness (QED) is 0.797. The maximum absolute atomic E-state index is 11.6. The van der Waals surface area contributed by atoms with Gasteiger partial charge in [-0.05, 0) is 23.6 Å². The molecule has 0 aromatic heterocycles. The highest BCUT2D eigenvalue weighted by Gasteiger charge is 2.21. The van der Waals surface area contributed by atoms with Gasteiger partial charge in [-0.3, -0.25) is 9.59 Å². The van der Waals surface area contributed by atoms with E-state index in [0.29, 0.717) is 6.42 Å². The van der Waals surface area contributed by atoms with E-state index in [1.54, 1.807) is 11.9 Å². The average molecular weight is 277 g/mol. The van der Waals surface area contributed by atoms with Crippen molar-refractivity contribution in [3.05, 3.63) is 29.3 Å². The molecule has 108 valence electrons. The highest BCUT2D eigenvalue weighted by atomic mass is 16.5. The van der Waals surface area contributed by atoms with Gasteiger partial charge < -0.3 is 21.1 Å². The van der Waals surface area contributed by atoms with Crippen LogP contribution in [0.1, 0.15) is 23.6 Å². The Labute approximate surface area is 117 Å². The van der Waals surface area contributed by atoms with Crippen LogP contribution in [-0.2, 0) is 20.7 Å². The van der Waals surface area contributed by atoms with Crippen LogP contribution in [0, 0.1) is 0 Å². The van der Waals surface area contributed by atoms with Crippen molar-refractivity contribution in [1.82, 2.24) is 0 Å². The second-order valence-electron chi connectivity index (χ2n) is 4.93. The molecule has 1 heterocycles. The smallest absolute Gasteiger partial charge is 0.243 e. The van der Waals surface area contributed by atoms with Crippen LogP contribution in [0.2, 0.25) is 0 Å². The first-order chi connectivity index (χ1) is 9.49. The molecule has 0 aliphatic carbocycles. The predicted octanol–water partition coefficient (Wildman–Crippen LogP) is 0.0973. The molecule has 1 aromatic carbocycles. The minimum atomic E-state index is -0.511. The third-order valence-corrected chi connectivity index (χ3v) is 3.42. The predicted molar refractivity (Wildman–Crippen MR) is 75.1 cm³/mol. The zero-order valence-electron chi connectivity index (χ0n) is 11.5. The van der Waals surface area contributed by atoms with Gasteiger partial charge in [0.2, 0.25) is 11.8 Å². The summed E-state index contributed by atoms with van der Waals surface area (Å²) in [6.07, 6.45) is 1.24. The van der Waals surface area contributed by atoms with E-state index in [1.165, 1.54) is 0 Å². The minimum Gasteiger partial charge on any atom is -0.370 e. The summed E-state index contributed by atoms with van der Waals surface area (Å²) in [5.74, 6) is -0.387. The van der Waals surface area contributed by atoms with Crippen LogP contribution < -0.4 is 16.4 Å². The number of anilines is 1. The number of fused-ring (bicyclic) bond motifs is 1. The lowest BCUT2D eigenvalue weighted by Crippen LogP contribution is -2.31. The van der Waals surface area contributed by atoms with Gasteiger partial charge in [0.15, 0.2) is 0 Å². The van der Waals surface area contributed by atoms with Crippen molar-refractivity contribution in [2.45, 2.75) is 18.9 Å². The highest BCUT2D eigenvalue weighted by molar-refractivity contribution is 5.95. The fraction of sp³-hybridized carbons (Fsp3) is 0.429. The number of primary amides is 1. The molecule has 2 amide bonds. The molecule has 0 fully saturated rings. The van der Waals surface area contributed by atoms with Crippen molar-refractivity contribution in [3.8, 4) is 0 Å². The van der Waals surface area contributed by atoms with Gasteiger partial charge in [-0.25, -0.2) is 0 Å². The summed E-state index contributed by atoms with van der Waals surface area (Å²) in [5.41, 5.74) is 14.0. The van der Waals surface area contributed by atoms with Crippen LogP contribution in [-0.4, -0.2) is 32.1 Å². The standard InChI is InChI=1S/C14H19N3O3/c1-17-12-4-2-9(6-10(12)3-5-14(17)19)11(15)7-20-8-13(16)18/h2,4,6,11H,3,5,7-8,15H2,1H3,(H2,16,18). The number of carbonyl (C=O) groups excluding carboxylic acids is 2. The monoisotopic (exact) mass is 277 g/mol. The number of hydrogen-bond donors (Lipinski definition) is 2. The number of amides is 2. The Balaban J connectivity index is 2.07. The van der Waals surface area contributed by atoms with Crippen LogP contribution in [0.15, 0.2) is 18.2 Å². The topological polar surface area (TPSA) is 98.7 Å². The van der Waals surface area contributed by atoms with Crippen LogP contribution >= 0.6 is 0 Å². The molecule has 4 N–H and O–H groups in total. The lowest BCUT2D eigenvalue weighted by molar-refractivity contribution is -0.122. The Morgan fingerprint density at radius 3 is 2.90 bits per heavy atom. The first-order valence-corrected chi connectivity index (χ1v) is 6.50. The summed E-state index contributed by atoms with van der Waals surface area (Å²) in [7, 11) is 1.77. The Hall–Kier alpha value is -1.92. The second kappa shape index (κ2) is 6.02. The number of nitrogens with zero attached hydrogens (tertiary/aromatic N) is 1. The first kappa shape index (κ1) is 14.5. The van der Waals surface area contributed by atoms with Crippen molar-refractivity contribution < 1.29 is 14.3 Å². The van der Waals surface area contributed by atoms with Crippen LogP contribution in [0.25, 0.3) is 0 Å². The fourth-order valence-electron chi connectivity index (χ4n) is 2.29. The number of hydrogen-bond acceptors (Lipinski definition) is 4.